The van der Waals surface area contributed by atoms with E-state index < -0.39 is 10.2 Å². The maximum Gasteiger partial charge on any atom is 0.275 e. The Kier molecular flexibility index (Phi) is 2.48. The standard InChI is InChI=1S/C10H12N2O2S/c1-14-8-3-5-9(6-4-8)15(2)7-10(13)11-12-15/h3-6H,7H2,1-2H3. The summed E-state index contributed by atoms with van der Waals surface area (Å²) < 4.78 is 9.17. The molecule has 0 saturated carbocycles. The van der Waals surface area contributed by atoms with Crippen molar-refractivity contribution in [2.24, 2.45) is 9.63 Å². The van der Waals surface area contributed by atoms with Crippen molar-refractivity contribution in [3.63, 3.8) is 0 Å². The third-order valence-corrected chi connectivity index (χ3v) is 4.84. The molecule has 1 aromatic carbocycles. The van der Waals surface area contributed by atoms with Crippen LogP contribution in [-0.4, -0.2) is 25.0 Å². The van der Waals surface area contributed by atoms with Gasteiger partial charge in [-0.25, -0.2) is 0 Å². The van der Waals surface area contributed by atoms with Crippen molar-refractivity contribution >= 4 is 16.1 Å². The van der Waals surface area contributed by atoms with Crippen molar-refractivity contribution in [1.29, 1.82) is 0 Å². The van der Waals surface area contributed by atoms with Gasteiger partial charge in [0.25, 0.3) is 5.91 Å². The maximum absolute atomic E-state index is 11.1. The molecule has 0 bridgehead atoms. The summed E-state index contributed by atoms with van der Waals surface area (Å²) in [6, 6.07) is 7.66. The Morgan fingerprint density at radius 3 is 2.47 bits per heavy atom. The summed E-state index contributed by atoms with van der Waals surface area (Å²) in [5.74, 6) is 1.12. The van der Waals surface area contributed by atoms with Gasteiger partial charge in [-0.2, -0.15) is 0 Å². The normalized spacial score (nSPS) is 28.8. The number of carbonyl (C=O) groups excluding carboxylic acids is 1. The van der Waals surface area contributed by atoms with Gasteiger partial charge in [0.05, 0.1) is 12.9 Å². The quantitative estimate of drug-likeness (QED) is 0.774. The molecule has 0 radical (unpaired) electrons. The van der Waals surface area contributed by atoms with Gasteiger partial charge >= 0.3 is 0 Å². The minimum atomic E-state index is -1.40. The third-order valence-electron chi connectivity index (χ3n) is 2.30. The Morgan fingerprint density at radius 2 is 2.00 bits per heavy atom. The molecule has 2 rings (SSSR count). The van der Waals surface area contributed by atoms with Crippen LogP contribution in [0.2, 0.25) is 0 Å². The van der Waals surface area contributed by atoms with Crippen molar-refractivity contribution in [2.45, 2.75) is 4.90 Å². The van der Waals surface area contributed by atoms with Crippen LogP contribution in [-0.2, 0) is 4.79 Å². The molecule has 0 fully saturated rings. The molecular weight excluding hydrogens is 212 g/mol. The van der Waals surface area contributed by atoms with Crippen LogP contribution in [0, 0.1) is 0 Å². The summed E-state index contributed by atoms with van der Waals surface area (Å²) in [5, 5.41) is 3.60. The van der Waals surface area contributed by atoms with Crippen molar-refractivity contribution in [2.75, 3.05) is 19.1 Å². The van der Waals surface area contributed by atoms with Gasteiger partial charge < -0.3 is 4.74 Å². The van der Waals surface area contributed by atoms with Gasteiger partial charge in [-0.3, -0.25) is 4.79 Å². The average Bonchev–Trinajstić information content (AvgIpc) is 2.60. The zero-order valence-corrected chi connectivity index (χ0v) is 9.45. The molecule has 0 aromatic heterocycles. The van der Waals surface area contributed by atoms with Gasteiger partial charge in [-0.1, -0.05) is 10.2 Å². The van der Waals surface area contributed by atoms with Crippen molar-refractivity contribution in [3.8, 4) is 5.75 Å². The highest BCUT2D eigenvalue weighted by atomic mass is 32.3. The maximum atomic E-state index is 11.1. The van der Waals surface area contributed by atoms with E-state index in [0.29, 0.717) is 5.75 Å². The fraction of sp³-hybridized carbons (Fsp3) is 0.300. The van der Waals surface area contributed by atoms with Crippen LogP contribution >= 0.6 is 10.2 Å². The lowest BCUT2D eigenvalue weighted by Crippen LogP contribution is -2.02. The molecule has 4 nitrogen and oxygen atoms in total. The van der Waals surface area contributed by atoms with Gasteiger partial charge in [0, 0.05) is 4.90 Å². The Morgan fingerprint density at radius 1 is 1.33 bits per heavy atom. The van der Waals surface area contributed by atoms with Crippen LogP contribution in [0.4, 0.5) is 0 Å². The van der Waals surface area contributed by atoms with E-state index in [1.807, 2.05) is 30.5 Å². The van der Waals surface area contributed by atoms with Crippen LogP contribution in [0.25, 0.3) is 0 Å². The molecule has 1 heterocycles. The number of nitrogens with zero attached hydrogens (tertiary/aromatic N) is 2. The summed E-state index contributed by atoms with van der Waals surface area (Å²) in [5.41, 5.74) is 0. The molecule has 1 aromatic rings. The van der Waals surface area contributed by atoms with E-state index in [4.69, 9.17) is 4.74 Å². The first kappa shape index (κ1) is 10.2. The monoisotopic (exact) mass is 224 g/mol. The molecular formula is C10H12N2O2S. The highest BCUT2D eigenvalue weighted by molar-refractivity contribution is 8.32. The predicted octanol–water partition coefficient (Wildman–Crippen LogP) is 2.40. The smallest absolute Gasteiger partial charge is 0.275 e. The van der Waals surface area contributed by atoms with Gasteiger partial charge in [-0.15, -0.1) is 9.63 Å². The van der Waals surface area contributed by atoms with Crippen LogP contribution in [0.5, 0.6) is 5.75 Å². The van der Waals surface area contributed by atoms with Crippen LogP contribution in [0.15, 0.2) is 38.8 Å². The number of benzene rings is 1. The largest absolute Gasteiger partial charge is 0.497 e. The summed E-state index contributed by atoms with van der Waals surface area (Å²) in [6.45, 7) is 0. The van der Waals surface area contributed by atoms with Gasteiger partial charge in [-0.05, 0) is 30.5 Å². The number of ether oxygens (including phenoxy) is 1. The number of carbonyl (C=O) groups is 1. The van der Waals surface area contributed by atoms with E-state index >= 15 is 0 Å². The molecule has 0 spiro atoms. The highest BCUT2D eigenvalue weighted by Gasteiger charge is 2.29. The minimum absolute atomic E-state index is 0.122. The number of hydrogen-bond acceptors (Lipinski definition) is 3. The first-order chi connectivity index (χ1) is 7.14. The number of amides is 1. The molecule has 1 amide bonds. The van der Waals surface area contributed by atoms with Crippen molar-refractivity contribution in [3.05, 3.63) is 24.3 Å². The Balaban J connectivity index is 2.30. The Hall–Kier alpha value is -1.36. The first-order valence-corrected chi connectivity index (χ1v) is 6.67. The van der Waals surface area contributed by atoms with Gasteiger partial charge in [0.15, 0.2) is 0 Å². The molecule has 15 heavy (non-hydrogen) atoms. The van der Waals surface area contributed by atoms with E-state index in [1.165, 1.54) is 0 Å². The second kappa shape index (κ2) is 3.66. The number of methoxy groups -OCH3 is 1. The molecule has 0 aliphatic carbocycles. The van der Waals surface area contributed by atoms with Crippen molar-refractivity contribution in [1.82, 2.24) is 0 Å². The average molecular weight is 224 g/mol. The molecule has 1 aliphatic rings. The van der Waals surface area contributed by atoms with Gasteiger partial charge in [0.1, 0.15) is 5.75 Å². The summed E-state index contributed by atoms with van der Waals surface area (Å²) >= 11 is 0. The van der Waals surface area contributed by atoms with Crippen LogP contribution in [0.3, 0.4) is 0 Å². The zero-order valence-electron chi connectivity index (χ0n) is 8.64. The predicted molar refractivity (Wildman–Crippen MR) is 59.5 cm³/mol. The lowest BCUT2D eigenvalue weighted by molar-refractivity contribution is -0.115. The second-order valence-electron chi connectivity index (χ2n) is 3.44. The summed E-state index contributed by atoms with van der Waals surface area (Å²) in [4.78, 5) is 12.2. The molecule has 1 atom stereocenters. The van der Waals surface area contributed by atoms with E-state index in [0.717, 1.165) is 10.6 Å². The van der Waals surface area contributed by atoms with Gasteiger partial charge in [0.2, 0.25) is 0 Å². The SMILES string of the molecule is COc1ccc(S2(C)CC(=O)N=N2)cc1. The third kappa shape index (κ3) is 1.87. The molecule has 80 valence electrons. The molecule has 5 heteroatoms. The van der Waals surface area contributed by atoms with Crippen molar-refractivity contribution < 1.29 is 9.53 Å². The molecule has 0 saturated heterocycles. The Bertz CT molecular complexity index is 416. The lowest BCUT2D eigenvalue weighted by Gasteiger charge is -2.24. The second-order valence-corrected chi connectivity index (χ2v) is 6.44. The minimum Gasteiger partial charge on any atom is -0.497 e. The number of hydrogen-bond donors (Lipinski definition) is 0. The van der Waals surface area contributed by atoms with Crippen LogP contribution in [0.1, 0.15) is 0 Å². The molecule has 1 aliphatic heterocycles. The zero-order chi connectivity index (χ0) is 10.9. The first-order valence-electron chi connectivity index (χ1n) is 4.50. The fourth-order valence-corrected chi connectivity index (χ4v) is 3.28. The van der Waals surface area contributed by atoms with E-state index in [2.05, 4.69) is 9.63 Å². The topological polar surface area (TPSA) is 51.0 Å². The van der Waals surface area contributed by atoms with E-state index in [-0.39, 0.29) is 5.91 Å². The van der Waals surface area contributed by atoms with Crippen LogP contribution < -0.4 is 4.74 Å². The lowest BCUT2D eigenvalue weighted by atomic mass is 10.3. The fourth-order valence-electron chi connectivity index (χ4n) is 1.43. The molecule has 0 N–H and O–H groups in total. The summed E-state index contributed by atoms with van der Waals surface area (Å²) in [7, 11) is 0.224. The van der Waals surface area contributed by atoms with E-state index in [1.54, 1.807) is 7.11 Å². The number of rotatable bonds is 2. The summed E-state index contributed by atoms with van der Waals surface area (Å²) in [6.07, 6.45) is 1.99. The Labute approximate surface area is 89.8 Å². The van der Waals surface area contributed by atoms with E-state index in [9.17, 15) is 4.79 Å². The highest BCUT2D eigenvalue weighted by Crippen LogP contribution is 2.56. The molecule has 1 unspecified atom stereocenters.